The van der Waals surface area contributed by atoms with Gasteiger partial charge in [0.15, 0.2) is 0 Å². The first-order chi connectivity index (χ1) is 11.9. The molecule has 0 radical (unpaired) electrons. The molecule has 8 heteroatoms. The van der Waals surface area contributed by atoms with Crippen molar-refractivity contribution in [3.05, 3.63) is 47.2 Å². The summed E-state index contributed by atoms with van der Waals surface area (Å²) in [6, 6.07) is 8.64. The second kappa shape index (κ2) is 8.34. The highest BCUT2D eigenvalue weighted by Crippen LogP contribution is 2.35. The first-order valence-electron chi connectivity index (χ1n) is 7.20. The lowest BCUT2D eigenvalue weighted by atomic mass is 10.2. The molecular weight excluding hydrogens is 351 g/mol. The van der Waals surface area contributed by atoms with Crippen LogP contribution < -0.4 is 20.1 Å². The molecule has 2 amide bonds. The summed E-state index contributed by atoms with van der Waals surface area (Å²) >= 11 is 5.99. The second-order valence-electron chi connectivity index (χ2n) is 4.94. The van der Waals surface area contributed by atoms with E-state index < -0.39 is 24.1 Å². The van der Waals surface area contributed by atoms with E-state index in [1.165, 1.54) is 44.6 Å². The van der Waals surface area contributed by atoms with Crippen LogP contribution >= 0.6 is 11.6 Å². The van der Waals surface area contributed by atoms with Gasteiger partial charge in [-0.1, -0.05) is 23.7 Å². The fourth-order valence-corrected chi connectivity index (χ4v) is 2.29. The molecule has 0 aliphatic carbocycles. The van der Waals surface area contributed by atoms with Crippen molar-refractivity contribution >= 4 is 34.8 Å². The van der Waals surface area contributed by atoms with Crippen LogP contribution in [0.5, 0.6) is 11.5 Å². The fourth-order valence-electron chi connectivity index (χ4n) is 2.06. The van der Waals surface area contributed by atoms with Crippen LogP contribution in [0.2, 0.25) is 5.02 Å². The molecule has 2 rings (SSSR count). The SMILES string of the molecule is COc1cc(NC(=O)CC(=O)Nc2ccccc2F)c(OC)cc1Cl. The number of nitrogens with one attached hydrogen (secondary N) is 2. The van der Waals surface area contributed by atoms with E-state index in [1.807, 2.05) is 0 Å². The topological polar surface area (TPSA) is 76.7 Å². The van der Waals surface area contributed by atoms with Gasteiger partial charge in [-0.3, -0.25) is 9.59 Å². The second-order valence-corrected chi connectivity index (χ2v) is 5.35. The van der Waals surface area contributed by atoms with E-state index in [4.69, 9.17) is 21.1 Å². The molecule has 25 heavy (non-hydrogen) atoms. The maximum absolute atomic E-state index is 13.5. The minimum Gasteiger partial charge on any atom is -0.495 e. The summed E-state index contributed by atoms with van der Waals surface area (Å²) in [4.78, 5) is 23.9. The number of benzene rings is 2. The lowest BCUT2D eigenvalue weighted by molar-refractivity contribution is -0.123. The van der Waals surface area contributed by atoms with E-state index in [-0.39, 0.29) is 5.69 Å². The van der Waals surface area contributed by atoms with E-state index in [1.54, 1.807) is 6.07 Å². The Morgan fingerprint density at radius 2 is 1.60 bits per heavy atom. The Morgan fingerprint density at radius 1 is 1.00 bits per heavy atom. The van der Waals surface area contributed by atoms with Crippen molar-refractivity contribution < 1.29 is 23.5 Å². The van der Waals surface area contributed by atoms with Gasteiger partial charge in [0.1, 0.15) is 23.7 Å². The molecule has 0 atom stereocenters. The number of hydrogen-bond donors (Lipinski definition) is 2. The summed E-state index contributed by atoms with van der Waals surface area (Å²) in [6.07, 6.45) is -0.498. The van der Waals surface area contributed by atoms with Gasteiger partial charge in [-0.15, -0.1) is 0 Å². The largest absolute Gasteiger partial charge is 0.495 e. The van der Waals surface area contributed by atoms with Crippen molar-refractivity contribution in [1.29, 1.82) is 0 Å². The number of carbonyl (C=O) groups is 2. The normalized spacial score (nSPS) is 10.1. The number of ether oxygens (including phenoxy) is 2. The van der Waals surface area contributed by atoms with Crippen molar-refractivity contribution in [2.45, 2.75) is 6.42 Å². The Kier molecular flexibility index (Phi) is 6.19. The van der Waals surface area contributed by atoms with Crippen LogP contribution in [-0.2, 0) is 9.59 Å². The molecule has 0 fully saturated rings. The van der Waals surface area contributed by atoms with Crippen LogP contribution in [-0.4, -0.2) is 26.0 Å². The Balaban J connectivity index is 2.05. The number of carbonyl (C=O) groups excluding carboxylic acids is 2. The molecule has 0 saturated heterocycles. The zero-order valence-electron chi connectivity index (χ0n) is 13.6. The van der Waals surface area contributed by atoms with Crippen molar-refractivity contribution in [3.8, 4) is 11.5 Å². The van der Waals surface area contributed by atoms with Gasteiger partial charge in [-0.25, -0.2) is 4.39 Å². The lowest BCUT2D eigenvalue weighted by Crippen LogP contribution is -2.22. The summed E-state index contributed by atoms with van der Waals surface area (Å²) in [5.74, 6) is -1.18. The Labute approximate surface area is 148 Å². The van der Waals surface area contributed by atoms with Gasteiger partial charge in [0, 0.05) is 12.1 Å². The lowest BCUT2D eigenvalue weighted by Gasteiger charge is -2.13. The third-order valence-corrected chi connectivity index (χ3v) is 3.51. The van der Waals surface area contributed by atoms with Crippen LogP contribution in [0, 0.1) is 5.82 Å². The molecule has 0 heterocycles. The molecular formula is C17H16ClFN2O4. The molecule has 2 aromatic rings. The number of amides is 2. The molecule has 0 aliphatic rings. The van der Waals surface area contributed by atoms with Crippen LogP contribution in [0.15, 0.2) is 36.4 Å². The average Bonchev–Trinajstić information content (AvgIpc) is 2.57. The van der Waals surface area contributed by atoms with Gasteiger partial charge < -0.3 is 20.1 Å². The maximum atomic E-state index is 13.5. The van der Waals surface area contributed by atoms with Crippen molar-refractivity contribution in [2.24, 2.45) is 0 Å². The van der Waals surface area contributed by atoms with E-state index in [0.717, 1.165) is 0 Å². The maximum Gasteiger partial charge on any atom is 0.233 e. The summed E-state index contributed by atoms with van der Waals surface area (Å²) in [7, 11) is 2.85. The zero-order valence-corrected chi connectivity index (χ0v) is 14.3. The number of hydrogen-bond acceptors (Lipinski definition) is 4. The van der Waals surface area contributed by atoms with Gasteiger partial charge in [-0.05, 0) is 12.1 Å². The van der Waals surface area contributed by atoms with Crippen molar-refractivity contribution in [2.75, 3.05) is 24.9 Å². The third kappa shape index (κ3) is 4.84. The number of methoxy groups -OCH3 is 2. The monoisotopic (exact) mass is 366 g/mol. The third-order valence-electron chi connectivity index (χ3n) is 3.22. The van der Waals surface area contributed by atoms with E-state index >= 15 is 0 Å². The van der Waals surface area contributed by atoms with Gasteiger partial charge in [0.2, 0.25) is 11.8 Å². The number of para-hydroxylation sites is 1. The van der Waals surface area contributed by atoms with Gasteiger partial charge in [0.25, 0.3) is 0 Å². The molecule has 6 nitrogen and oxygen atoms in total. The molecule has 2 aromatic carbocycles. The highest BCUT2D eigenvalue weighted by atomic mass is 35.5. The minimum absolute atomic E-state index is 0.00560. The van der Waals surface area contributed by atoms with Gasteiger partial charge >= 0.3 is 0 Å². The molecule has 2 N–H and O–H groups in total. The van der Waals surface area contributed by atoms with Crippen molar-refractivity contribution in [3.63, 3.8) is 0 Å². The summed E-state index contributed by atoms with van der Waals surface area (Å²) < 4.78 is 23.7. The standard InChI is InChI=1S/C17H16ClFN2O4/c1-24-14-8-13(15(25-2)7-10(14)18)21-17(23)9-16(22)20-12-6-4-3-5-11(12)19/h3-8H,9H2,1-2H3,(H,20,22)(H,21,23). The number of anilines is 2. The fraction of sp³-hybridized carbons (Fsp3) is 0.176. The van der Waals surface area contributed by atoms with Crippen LogP contribution in [0.4, 0.5) is 15.8 Å². The Morgan fingerprint density at radius 3 is 2.20 bits per heavy atom. The molecule has 0 bridgehead atoms. The molecule has 0 spiro atoms. The Bertz CT molecular complexity index is 798. The number of rotatable bonds is 6. The quantitative estimate of drug-likeness (QED) is 0.767. The molecule has 0 aliphatic heterocycles. The molecule has 132 valence electrons. The minimum atomic E-state index is -0.650. The molecule has 0 aromatic heterocycles. The Hall–Kier alpha value is -2.80. The first kappa shape index (κ1) is 18.5. The predicted molar refractivity (Wildman–Crippen MR) is 92.8 cm³/mol. The van der Waals surface area contributed by atoms with Gasteiger partial charge in [-0.2, -0.15) is 0 Å². The van der Waals surface area contributed by atoms with Crippen LogP contribution in [0.25, 0.3) is 0 Å². The summed E-state index contributed by atoms with van der Waals surface area (Å²) in [5.41, 5.74) is 0.304. The highest BCUT2D eigenvalue weighted by molar-refractivity contribution is 6.32. The average molecular weight is 367 g/mol. The van der Waals surface area contributed by atoms with Crippen LogP contribution in [0.3, 0.4) is 0 Å². The summed E-state index contributed by atoms with van der Waals surface area (Å²) in [6.45, 7) is 0. The van der Waals surface area contributed by atoms with Crippen molar-refractivity contribution in [1.82, 2.24) is 0 Å². The van der Waals surface area contributed by atoms with E-state index in [0.29, 0.717) is 22.2 Å². The van der Waals surface area contributed by atoms with E-state index in [9.17, 15) is 14.0 Å². The predicted octanol–water partition coefficient (Wildman–Crippen LogP) is 3.46. The zero-order chi connectivity index (χ0) is 18.4. The first-order valence-corrected chi connectivity index (χ1v) is 7.58. The van der Waals surface area contributed by atoms with Gasteiger partial charge in [0.05, 0.1) is 30.6 Å². The summed E-state index contributed by atoms with van der Waals surface area (Å²) in [5, 5.41) is 5.19. The van der Waals surface area contributed by atoms with E-state index in [2.05, 4.69) is 10.6 Å². The molecule has 0 unspecified atom stereocenters. The van der Waals surface area contributed by atoms with Crippen LogP contribution in [0.1, 0.15) is 6.42 Å². The smallest absolute Gasteiger partial charge is 0.233 e. The molecule has 0 saturated carbocycles. The number of halogens is 2. The highest BCUT2D eigenvalue weighted by Gasteiger charge is 2.15.